The molecule has 1 saturated heterocycles. The molecule has 162 valence electrons. The largest absolute Gasteiger partial charge is 1.00 e. The Morgan fingerprint density at radius 2 is 1.79 bits per heavy atom. The number of urea groups is 1. The molecule has 1 aliphatic rings. The summed E-state index contributed by atoms with van der Waals surface area (Å²) in [5.41, 5.74) is 1.42. The molecular weight excluding hydrogens is 740 g/mol. The molecule has 1 aliphatic heterocycles. The van der Waals surface area contributed by atoms with E-state index in [1.807, 2.05) is 24.3 Å². The minimum Gasteiger partial charge on any atom is -0.652 e. The number of rotatable bonds is 4. The number of halogens is 1. The van der Waals surface area contributed by atoms with Crippen LogP contribution in [0.1, 0.15) is 12.0 Å². The molecule has 10 nitrogen and oxygen atoms in total. The zero-order chi connectivity index (χ0) is 22.5. The molecule has 2 heterocycles. The summed E-state index contributed by atoms with van der Waals surface area (Å²) in [7, 11) is 1.59. The summed E-state index contributed by atoms with van der Waals surface area (Å²) in [5, 5.41) is 21.4. The van der Waals surface area contributed by atoms with Crippen molar-refractivity contribution < 1.29 is 172 Å². The maximum atomic E-state index is 13.0. The molecule has 3 amide bonds. The monoisotopic (exact) mass is 755 g/mol. The Morgan fingerprint density at radius 3 is 2.39 bits per heavy atom. The van der Waals surface area contributed by atoms with Gasteiger partial charge in [0.15, 0.2) is 11.4 Å². The Bertz CT molecular complexity index is 1120. The van der Waals surface area contributed by atoms with Crippen LogP contribution in [0, 0.1) is 0 Å². The number of hydrogen-bond donors (Lipinski definition) is 0. The first-order valence-corrected chi connectivity index (χ1v) is 9.77. The molecule has 0 spiro atoms. The van der Waals surface area contributed by atoms with E-state index in [9.17, 15) is 9.59 Å². The number of carbonyl (C=O) groups is 3. The molecular formula is C20H16BrCs2N3O7. The molecule has 1 aromatic heterocycles. The fourth-order valence-electron chi connectivity index (χ4n) is 3.05. The number of anilines is 1. The first-order valence-electron chi connectivity index (χ1n) is 8.98. The van der Waals surface area contributed by atoms with Crippen molar-refractivity contribution in [2.45, 2.75) is 13.0 Å². The van der Waals surface area contributed by atoms with Gasteiger partial charge in [-0.25, -0.2) is 4.79 Å². The van der Waals surface area contributed by atoms with Crippen molar-refractivity contribution in [3.63, 3.8) is 0 Å². The van der Waals surface area contributed by atoms with Crippen LogP contribution >= 0.6 is 15.9 Å². The molecule has 0 radical (unpaired) electrons. The smallest absolute Gasteiger partial charge is 0.652 e. The summed E-state index contributed by atoms with van der Waals surface area (Å²) in [5.74, 6) is 0.931. The van der Waals surface area contributed by atoms with E-state index in [1.165, 1.54) is 9.80 Å². The molecule has 0 atom stereocenters. The van der Waals surface area contributed by atoms with E-state index in [0.717, 1.165) is 21.2 Å². The molecule has 0 N–H and O–H groups in total. The molecule has 0 aliphatic carbocycles. The predicted molar refractivity (Wildman–Crippen MR) is 108 cm³/mol. The molecule has 1 fully saturated rings. The average molecular weight is 756 g/mol. The van der Waals surface area contributed by atoms with E-state index >= 15 is 0 Å². The molecule has 0 bridgehead atoms. The Hall–Kier alpha value is 0.504. The Balaban J connectivity index is 0.000000842. The average Bonchev–Trinajstić information content (AvgIpc) is 3.14. The Labute approximate surface area is 315 Å². The van der Waals surface area contributed by atoms with Crippen molar-refractivity contribution >= 4 is 50.8 Å². The van der Waals surface area contributed by atoms with Crippen molar-refractivity contribution in [1.82, 2.24) is 10.1 Å². The molecule has 0 saturated carbocycles. The summed E-state index contributed by atoms with van der Waals surface area (Å²) in [6.07, 6.45) is -2.11. The van der Waals surface area contributed by atoms with Gasteiger partial charge in [0.1, 0.15) is 5.75 Å². The predicted octanol–water partition coefficient (Wildman–Crippen LogP) is -4.48. The van der Waals surface area contributed by atoms with Gasteiger partial charge in [-0.2, -0.15) is 0 Å². The number of benzene rings is 2. The standard InChI is InChI=1S/C19H16BrN3O4.CH2O3.2Cs/c1-26-14-5-2-12(3-6-14)11-23-17(24)8-9-22(19(23)25)18-15-10-13(20)4-7-16(15)27-21-18;2-1(3)4;;/h2-7,10H,8-9,11H2,1H3;(H2,2,3,4);;/q;;2*+1/p-2. The van der Waals surface area contributed by atoms with Crippen LogP contribution in [-0.2, 0) is 11.3 Å². The summed E-state index contributed by atoms with van der Waals surface area (Å²) in [4.78, 5) is 36.4. The van der Waals surface area contributed by atoms with Crippen molar-refractivity contribution in [3.05, 3.63) is 52.5 Å². The van der Waals surface area contributed by atoms with Crippen molar-refractivity contribution in [1.29, 1.82) is 0 Å². The van der Waals surface area contributed by atoms with Gasteiger partial charge in [0, 0.05) is 17.4 Å². The molecule has 33 heavy (non-hydrogen) atoms. The van der Waals surface area contributed by atoms with Crippen LogP contribution in [0.25, 0.3) is 11.0 Å². The minimum absolute atomic E-state index is 0. The fraction of sp³-hybridized carbons (Fsp3) is 0.200. The Morgan fingerprint density at radius 1 is 1.15 bits per heavy atom. The van der Waals surface area contributed by atoms with E-state index < -0.39 is 12.2 Å². The van der Waals surface area contributed by atoms with Crippen LogP contribution < -0.4 is 158 Å². The molecule has 0 unspecified atom stereocenters. The van der Waals surface area contributed by atoms with Gasteiger partial charge in [0.05, 0.1) is 19.0 Å². The molecule has 13 heteroatoms. The second-order valence-electron chi connectivity index (χ2n) is 6.41. The molecule has 2 aromatic carbocycles. The van der Waals surface area contributed by atoms with E-state index in [2.05, 4.69) is 21.1 Å². The van der Waals surface area contributed by atoms with Gasteiger partial charge < -0.3 is 24.3 Å². The number of imide groups is 1. The zero-order valence-corrected chi connectivity index (χ0v) is 32.4. The third-order valence-electron chi connectivity index (χ3n) is 4.48. The number of carboxylic acid groups (broad SMARTS) is 2. The summed E-state index contributed by atoms with van der Waals surface area (Å²) in [6, 6.07) is 12.3. The topological polar surface area (TPSA) is 139 Å². The summed E-state index contributed by atoms with van der Waals surface area (Å²) >= 11 is 3.42. The molecule has 3 aromatic rings. The fourth-order valence-corrected chi connectivity index (χ4v) is 3.41. The van der Waals surface area contributed by atoms with E-state index in [-0.39, 0.29) is 163 Å². The first-order chi connectivity index (χ1) is 14.8. The van der Waals surface area contributed by atoms with Gasteiger partial charge in [-0.3, -0.25) is 14.6 Å². The quantitative estimate of drug-likeness (QED) is 0.260. The number of hydrogen-bond acceptors (Lipinski definition) is 8. The normalized spacial score (nSPS) is 12.9. The van der Waals surface area contributed by atoms with Crippen LogP contribution in [0.2, 0.25) is 0 Å². The van der Waals surface area contributed by atoms with E-state index in [4.69, 9.17) is 24.3 Å². The van der Waals surface area contributed by atoms with Crippen molar-refractivity contribution in [3.8, 4) is 5.75 Å². The first kappa shape index (κ1) is 31.5. The number of ether oxygens (including phenoxy) is 1. The third kappa shape index (κ3) is 8.54. The van der Waals surface area contributed by atoms with Crippen LogP contribution in [0.4, 0.5) is 15.4 Å². The SMILES string of the molecule is COc1ccc(CN2C(=O)CCN(c3noc4ccc(Br)cc34)C2=O)cc1.O=C([O-])[O-].[Cs+].[Cs+]. The number of fused-ring (bicyclic) bond motifs is 1. The Kier molecular flexibility index (Phi) is 14.3. The number of nitrogens with zero attached hydrogens (tertiary/aromatic N) is 3. The number of amides is 3. The minimum atomic E-state index is -2.33. The number of carbonyl (C=O) groups excluding carboxylic acids is 3. The van der Waals surface area contributed by atoms with Crippen molar-refractivity contribution in [2.75, 3.05) is 18.6 Å². The number of methoxy groups -OCH3 is 1. The van der Waals surface area contributed by atoms with Crippen LogP contribution in [0.5, 0.6) is 5.75 Å². The maximum Gasteiger partial charge on any atom is 1.00 e. The van der Waals surface area contributed by atoms with E-state index in [1.54, 1.807) is 25.3 Å². The van der Waals surface area contributed by atoms with Gasteiger partial charge in [-0.05, 0) is 42.1 Å². The molecule has 4 rings (SSSR count). The summed E-state index contributed by atoms with van der Waals surface area (Å²) < 4.78 is 11.3. The number of aromatic nitrogens is 1. The van der Waals surface area contributed by atoms with E-state index in [0.29, 0.717) is 11.4 Å². The summed E-state index contributed by atoms with van der Waals surface area (Å²) in [6.45, 7) is 0.461. The van der Waals surface area contributed by atoms with Crippen LogP contribution in [-0.4, -0.2) is 41.8 Å². The van der Waals surface area contributed by atoms with Crippen LogP contribution in [0.15, 0.2) is 51.5 Å². The van der Waals surface area contributed by atoms with Crippen molar-refractivity contribution in [2.24, 2.45) is 0 Å². The van der Waals surface area contributed by atoms with Gasteiger partial charge in [-0.1, -0.05) is 33.2 Å². The van der Waals surface area contributed by atoms with Gasteiger partial charge in [0.2, 0.25) is 5.91 Å². The van der Waals surface area contributed by atoms with Gasteiger partial charge in [0.25, 0.3) is 0 Å². The van der Waals surface area contributed by atoms with Gasteiger partial charge in [-0.15, -0.1) is 0 Å². The second kappa shape index (κ2) is 14.9. The second-order valence-corrected chi connectivity index (χ2v) is 7.32. The van der Waals surface area contributed by atoms with Crippen LogP contribution in [0.3, 0.4) is 0 Å². The zero-order valence-electron chi connectivity index (χ0n) is 18.2. The maximum absolute atomic E-state index is 13.0. The third-order valence-corrected chi connectivity index (χ3v) is 4.97. The van der Waals surface area contributed by atoms with Gasteiger partial charge >= 0.3 is 144 Å².